The fraction of sp³-hybridized carbons (Fsp3) is 0.714. The Hall–Kier alpha value is -1.30. The molecule has 3 saturated carbocycles. The molecule has 0 bridgehead atoms. The molecule has 2 unspecified atom stereocenters. The molecule has 0 spiro atoms. The van der Waals surface area contributed by atoms with Gasteiger partial charge in [0.25, 0.3) is 0 Å². The minimum atomic E-state index is -1.45. The van der Waals surface area contributed by atoms with E-state index in [1.165, 1.54) is 6.92 Å². The van der Waals surface area contributed by atoms with Crippen LogP contribution in [0.2, 0.25) is 0 Å². The molecule has 142 valence electrons. The van der Waals surface area contributed by atoms with E-state index in [4.69, 9.17) is 0 Å². The monoisotopic (exact) mass is 360 g/mol. The van der Waals surface area contributed by atoms with Gasteiger partial charge in [-0.25, -0.2) is 0 Å². The number of aliphatic hydroxyl groups is 3. The van der Waals surface area contributed by atoms with Crippen molar-refractivity contribution in [2.24, 2.45) is 28.6 Å². The zero-order chi connectivity index (χ0) is 19.1. The predicted molar refractivity (Wildman–Crippen MR) is 95.0 cm³/mol. The molecular formula is C21H28O5. The third kappa shape index (κ3) is 2.02. The molecule has 8 atom stereocenters. The number of ketones is 2. The quantitative estimate of drug-likeness (QED) is 0.660. The zero-order valence-corrected chi connectivity index (χ0v) is 15.6. The van der Waals surface area contributed by atoms with Crippen LogP contribution in [-0.4, -0.2) is 44.7 Å². The standard InChI is InChI=1S/C21H28O5/c1-11(22)21(26)7-5-14-17-15(24)9-12-8-13(23)4-6-19(12,2)18(17)16(25)10-20(14,21)3/h4,6,8,14-18,24-26H,5,7,9-10H2,1-3H3/t14-,15?,16?,17+,18-,19-,20-,21-/m0/s1. The van der Waals surface area contributed by atoms with Gasteiger partial charge in [0.2, 0.25) is 0 Å². The molecule has 26 heavy (non-hydrogen) atoms. The maximum atomic E-state index is 12.3. The number of allylic oxidation sites excluding steroid dienone is 3. The van der Waals surface area contributed by atoms with Crippen molar-refractivity contribution in [3.05, 3.63) is 23.8 Å². The third-order valence-corrected chi connectivity index (χ3v) is 8.26. The number of hydrogen-bond donors (Lipinski definition) is 3. The van der Waals surface area contributed by atoms with E-state index in [0.717, 1.165) is 5.57 Å². The molecule has 0 saturated heterocycles. The Morgan fingerprint density at radius 3 is 2.58 bits per heavy atom. The van der Waals surface area contributed by atoms with Crippen LogP contribution in [0.15, 0.2) is 23.8 Å². The summed E-state index contributed by atoms with van der Waals surface area (Å²) in [7, 11) is 0. The lowest BCUT2D eigenvalue weighted by Crippen LogP contribution is -2.63. The largest absolute Gasteiger partial charge is 0.393 e. The second-order valence-corrected chi connectivity index (χ2v) is 9.31. The second-order valence-electron chi connectivity index (χ2n) is 9.31. The van der Waals surface area contributed by atoms with Gasteiger partial charge in [0, 0.05) is 16.7 Å². The highest BCUT2D eigenvalue weighted by Gasteiger charge is 2.68. The lowest BCUT2D eigenvalue weighted by Gasteiger charge is -2.60. The van der Waals surface area contributed by atoms with Crippen molar-refractivity contribution >= 4 is 11.6 Å². The first-order chi connectivity index (χ1) is 12.0. The maximum Gasteiger partial charge on any atom is 0.178 e. The summed E-state index contributed by atoms with van der Waals surface area (Å²) in [5.74, 6) is -0.811. The molecule has 0 radical (unpaired) electrons. The molecule has 4 aliphatic rings. The van der Waals surface area contributed by atoms with Gasteiger partial charge in [-0.3, -0.25) is 9.59 Å². The highest BCUT2D eigenvalue weighted by molar-refractivity contribution is 6.01. The Morgan fingerprint density at radius 2 is 1.92 bits per heavy atom. The van der Waals surface area contributed by atoms with Crippen LogP contribution in [0, 0.1) is 28.6 Å². The van der Waals surface area contributed by atoms with Crippen molar-refractivity contribution in [1.82, 2.24) is 0 Å². The maximum absolute atomic E-state index is 12.3. The van der Waals surface area contributed by atoms with Gasteiger partial charge in [0.15, 0.2) is 11.6 Å². The molecule has 5 heteroatoms. The Morgan fingerprint density at radius 1 is 1.23 bits per heavy atom. The van der Waals surface area contributed by atoms with Crippen LogP contribution in [0.25, 0.3) is 0 Å². The molecule has 0 amide bonds. The molecular weight excluding hydrogens is 332 g/mol. The van der Waals surface area contributed by atoms with Crippen LogP contribution < -0.4 is 0 Å². The van der Waals surface area contributed by atoms with E-state index in [-0.39, 0.29) is 29.3 Å². The SMILES string of the molecule is CC(=O)[C@@]1(O)CC[C@H]2[C@@H]3C(O)CC4=CC(=O)C=C[C@]4(C)[C@H]3C(O)C[C@@]21C. The molecule has 4 aliphatic carbocycles. The van der Waals surface area contributed by atoms with Gasteiger partial charge < -0.3 is 15.3 Å². The van der Waals surface area contributed by atoms with Gasteiger partial charge >= 0.3 is 0 Å². The van der Waals surface area contributed by atoms with E-state index in [2.05, 4.69) is 0 Å². The van der Waals surface area contributed by atoms with Crippen molar-refractivity contribution in [2.45, 2.75) is 64.3 Å². The first-order valence-corrected chi connectivity index (χ1v) is 9.58. The number of hydrogen-bond acceptors (Lipinski definition) is 5. The Bertz CT molecular complexity index is 739. The molecule has 5 nitrogen and oxygen atoms in total. The summed E-state index contributed by atoms with van der Waals surface area (Å²) < 4.78 is 0. The van der Waals surface area contributed by atoms with E-state index in [1.54, 1.807) is 12.2 Å². The third-order valence-electron chi connectivity index (χ3n) is 8.26. The van der Waals surface area contributed by atoms with Crippen molar-refractivity contribution < 1.29 is 24.9 Å². The van der Waals surface area contributed by atoms with E-state index < -0.39 is 28.6 Å². The van der Waals surface area contributed by atoms with E-state index in [0.29, 0.717) is 25.7 Å². The second kappa shape index (κ2) is 5.37. The van der Waals surface area contributed by atoms with Crippen molar-refractivity contribution in [2.75, 3.05) is 0 Å². The number of rotatable bonds is 1. The average molecular weight is 360 g/mol. The molecule has 0 aromatic heterocycles. The number of fused-ring (bicyclic) bond motifs is 5. The summed E-state index contributed by atoms with van der Waals surface area (Å²) in [5.41, 5.74) is -1.79. The average Bonchev–Trinajstić information content (AvgIpc) is 2.81. The summed E-state index contributed by atoms with van der Waals surface area (Å²) in [6.45, 7) is 5.34. The highest BCUT2D eigenvalue weighted by atomic mass is 16.3. The minimum absolute atomic E-state index is 0.0378. The smallest absolute Gasteiger partial charge is 0.178 e. The van der Waals surface area contributed by atoms with Crippen molar-refractivity contribution in [3.8, 4) is 0 Å². The van der Waals surface area contributed by atoms with Crippen LogP contribution in [0.3, 0.4) is 0 Å². The zero-order valence-electron chi connectivity index (χ0n) is 15.6. The lowest BCUT2D eigenvalue weighted by molar-refractivity contribution is -0.189. The van der Waals surface area contributed by atoms with E-state index >= 15 is 0 Å². The molecule has 0 aliphatic heterocycles. The van der Waals surface area contributed by atoms with Crippen LogP contribution >= 0.6 is 0 Å². The first-order valence-electron chi connectivity index (χ1n) is 9.58. The van der Waals surface area contributed by atoms with Crippen molar-refractivity contribution in [3.63, 3.8) is 0 Å². The molecule has 0 aromatic carbocycles. The summed E-state index contributed by atoms with van der Waals surface area (Å²) in [4.78, 5) is 24.1. The summed E-state index contributed by atoms with van der Waals surface area (Å²) in [5, 5.41) is 33.3. The van der Waals surface area contributed by atoms with Gasteiger partial charge in [0.05, 0.1) is 12.2 Å². The van der Waals surface area contributed by atoms with E-state index in [9.17, 15) is 24.9 Å². The Balaban J connectivity index is 1.81. The van der Waals surface area contributed by atoms with Gasteiger partial charge in [-0.15, -0.1) is 0 Å². The van der Waals surface area contributed by atoms with Gasteiger partial charge in [-0.05, 0) is 56.6 Å². The lowest BCUT2D eigenvalue weighted by atomic mass is 9.45. The molecule has 3 fully saturated rings. The summed E-state index contributed by atoms with van der Waals surface area (Å²) in [6, 6.07) is 0. The van der Waals surface area contributed by atoms with Crippen molar-refractivity contribution in [1.29, 1.82) is 0 Å². The fourth-order valence-corrected chi connectivity index (χ4v) is 6.87. The fourth-order valence-electron chi connectivity index (χ4n) is 6.87. The van der Waals surface area contributed by atoms with Crippen LogP contribution in [0.4, 0.5) is 0 Å². The highest BCUT2D eigenvalue weighted by Crippen LogP contribution is 2.67. The summed E-state index contributed by atoms with van der Waals surface area (Å²) in [6.07, 6.45) is 5.35. The molecule has 4 rings (SSSR count). The molecule has 0 heterocycles. The normalized spacial score (nSPS) is 52.8. The minimum Gasteiger partial charge on any atom is -0.393 e. The molecule has 3 N–H and O–H groups in total. The number of aliphatic hydroxyl groups excluding tert-OH is 2. The molecule has 0 aromatic rings. The Labute approximate surface area is 153 Å². The van der Waals surface area contributed by atoms with Crippen LogP contribution in [0.5, 0.6) is 0 Å². The number of Topliss-reactive ketones (excluding diaryl/α,β-unsaturated/α-hetero) is 1. The van der Waals surface area contributed by atoms with E-state index in [1.807, 2.05) is 19.9 Å². The Kier molecular flexibility index (Phi) is 3.73. The van der Waals surface area contributed by atoms with Crippen LogP contribution in [-0.2, 0) is 9.59 Å². The topological polar surface area (TPSA) is 94.8 Å². The number of carbonyl (C=O) groups excluding carboxylic acids is 2. The predicted octanol–water partition coefficient (Wildman–Crippen LogP) is 1.56. The van der Waals surface area contributed by atoms with Crippen LogP contribution in [0.1, 0.15) is 46.5 Å². The van der Waals surface area contributed by atoms with Gasteiger partial charge in [-0.2, -0.15) is 0 Å². The first kappa shape index (κ1) is 18.1. The number of carbonyl (C=O) groups is 2. The van der Waals surface area contributed by atoms with Gasteiger partial charge in [-0.1, -0.05) is 25.5 Å². The summed E-state index contributed by atoms with van der Waals surface area (Å²) >= 11 is 0. The van der Waals surface area contributed by atoms with Gasteiger partial charge in [0.1, 0.15) is 5.60 Å².